The van der Waals surface area contributed by atoms with Crippen molar-refractivity contribution in [3.8, 4) is 0 Å². The fraction of sp³-hybridized carbons (Fsp3) is 0.778. The zero-order chi connectivity index (χ0) is 12.1. The van der Waals surface area contributed by atoms with Crippen LogP contribution in [0.3, 0.4) is 0 Å². The number of carboxylic acid groups (broad SMARTS) is 1. The van der Waals surface area contributed by atoms with Gasteiger partial charge in [0.05, 0.1) is 0 Å². The number of hydrogen-bond donors (Lipinski definition) is 3. The summed E-state index contributed by atoms with van der Waals surface area (Å²) in [5.41, 5.74) is -0.588. The van der Waals surface area contributed by atoms with Crippen molar-refractivity contribution in [3.05, 3.63) is 0 Å². The first kappa shape index (κ1) is 13.7. The lowest BCUT2D eigenvalue weighted by Gasteiger charge is -2.19. The topological polar surface area (TPSA) is 95.9 Å². The summed E-state index contributed by atoms with van der Waals surface area (Å²) in [5.74, 6) is -1.30. The smallest absolute Gasteiger partial charge is 0.407 e. The maximum atomic E-state index is 11.0. The molecule has 0 aliphatic carbocycles. The number of carbonyl (C=O) groups excluding carboxylic acids is 1. The van der Waals surface area contributed by atoms with Gasteiger partial charge in [0.1, 0.15) is 5.60 Å². The Morgan fingerprint density at radius 1 is 1.40 bits per heavy atom. The number of carbonyl (C=O) groups is 2. The molecule has 15 heavy (non-hydrogen) atoms. The predicted molar refractivity (Wildman–Crippen MR) is 52.5 cm³/mol. The van der Waals surface area contributed by atoms with Crippen LogP contribution in [0.1, 0.15) is 27.2 Å². The standard InChI is InChI=1S/C9H17NO5/c1-9(2,3)15-8(14)10-5-4-6(11)7(12)13/h6,11H,4-5H2,1-3H3,(H,10,14)(H,12,13). The van der Waals surface area contributed by atoms with Crippen LogP contribution in [-0.2, 0) is 9.53 Å². The van der Waals surface area contributed by atoms with Crippen LogP contribution in [0.15, 0.2) is 0 Å². The summed E-state index contributed by atoms with van der Waals surface area (Å²) in [5, 5.41) is 19.6. The van der Waals surface area contributed by atoms with Crippen LogP contribution in [0.5, 0.6) is 0 Å². The SMILES string of the molecule is CC(C)(C)OC(=O)NCCC(O)C(=O)O. The molecule has 0 spiro atoms. The second-order valence-electron chi connectivity index (χ2n) is 4.07. The number of amides is 1. The molecule has 0 aliphatic rings. The van der Waals surface area contributed by atoms with E-state index in [0.717, 1.165) is 0 Å². The number of rotatable bonds is 4. The highest BCUT2D eigenvalue weighted by molar-refractivity contribution is 5.72. The van der Waals surface area contributed by atoms with Gasteiger partial charge in [-0.25, -0.2) is 9.59 Å². The van der Waals surface area contributed by atoms with Gasteiger partial charge in [-0.2, -0.15) is 0 Å². The molecule has 0 aromatic carbocycles. The first-order chi connectivity index (χ1) is 6.72. The Bertz CT molecular complexity index is 233. The molecule has 0 aromatic rings. The van der Waals surface area contributed by atoms with Gasteiger partial charge in [0.15, 0.2) is 6.10 Å². The number of carboxylic acids is 1. The average molecular weight is 219 g/mol. The molecule has 1 atom stereocenters. The van der Waals surface area contributed by atoms with Gasteiger partial charge in [-0.1, -0.05) is 0 Å². The van der Waals surface area contributed by atoms with E-state index in [-0.39, 0.29) is 13.0 Å². The van der Waals surface area contributed by atoms with Gasteiger partial charge in [0.2, 0.25) is 0 Å². The molecule has 0 radical (unpaired) electrons. The van der Waals surface area contributed by atoms with E-state index in [1.54, 1.807) is 20.8 Å². The van der Waals surface area contributed by atoms with E-state index in [4.69, 9.17) is 14.9 Å². The molecule has 1 amide bonds. The maximum absolute atomic E-state index is 11.0. The molecule has 0 saturated heterocycles. The molecule has 0 heterocycles. The fourth-order valence-electron chi connectivity index (χ4n) is 0.749. The molecule has 0 saturated carbocycles. The van der Waals surface area contributed by atoms with Crippen molar-refractivity contribution < 1.29 is 24.5 Å². The largest absolute Gasteiger partial charge is 0.479 e. The Morgan fingerprint density at radius 2 is 1.93 bits per heavy atom. The van der Waals surface area contributed by atoms with Gasteiger partial charge in [-0.15, -0.1) is 0 Å². The highest BCUT2D eigenvalue weighted by Gasteiger charge is 2.17. The van der Waals surface area contributed by atoms with Crippen LogP contribution in [0, 0.1) is 0 Å². The highest BCUT2D eigenvalue weighted by atomic mass is 16.6. The van der Waals surface area contributed by atoms with Gasteiger partial charge >= 0.3 is 12.1 Å². The third-order valence-electron chi connectivity index (χ3n) is 1.37. The second-order valence-corrected chi connectivity index (χ2v) is 4.07. The molecule has 0 aromatic heterocycles. The van der Waals surface area contributed by atoms with Crippen molar-refractivity contribution in [2.45, 2.75) is 38.9 Å². The summed E-state index contributed by atoms with van der Waals surface area (Å²) in [6.45, 7) is 5.22. The Labute approximate surface area is 88.2 Å². The first-order valence-electron chi connectivity index (χ1n) is 4.60. The van der Waals surface area contributed by atoms with Crippen LogP contribution in [-0.4, -0.2) is 40.5 Å². The van der Waals surface area contributed by atoms with Crippen molar-refractivity contribution in [2.75, 3.05) is 6.54 Å². The average Bonchev–Trinajstić information content (AvgIpc) is 2.00. The molecule has 0 rings (SSSR count). The zero-order valence-electron chi connectivity index (χ0n) is 9.11. The third kappa shape index (κ3) is 7.75. The number of alkyl carbamates (subject to hydrolysis) is 1. The Balaban J connectivity index is 3.69. The number of hydrogen-bond acceptors (Lipinski definition) is 4. The molecule has 0 fully saturated rings. The minimum Gasteiger partial charge on any atom is -0.479 e. The first-order valence-corrected chi connectivity index (χ1v) is 4.60. The van der Waals surface area contributed by atoms with Crippen LogP contribution < -0.4 is 5.32 Å². The lowest BCUT2D eigenvalue weighted by Crippen LogP contribution is -2.35. The number of aliphatic hydroxyl groups is 1. The number of ether oxygens (including phenoxy) is 1. The van der Waals surface area contributed by atoms with Gasteiger partial charge in [0.25, 0.3) is 0 Å². The monoisotopic (exact) mass is 219 g/mol. The van der Waals surface area contributed by atoms with Crippen molar-refractivity contribution >= 4 is 12.1 Å². The summed E-state index contributed by atoms with van der Waals surface area (Å²) >= 11 is 0. The Morgan fingerprint density at radius 3 is 2.33 bits per heavy atom. The number of aliphatic carboxylic acids is 1. The lowest BCUT2D eigenvalue weighted by atomic mass is 10.2. The maximum Gasteiger partial charge on any atom is 0.407 e. The summed E-state index contributed by atoms with van der Waals surface area (Å²) in [6.07, 6.45) is -2.13. The number of nitrogens with one attached hydrogen (secondary N) is 1. The molecule has 6 heteroatoms. The third-order valence-corrected chi connectivity index (χ3v) is 1.37. The van der Waals surface area contributed by atoms with E-state index in [1.807, 2.05) is 0 Å². The van der Waals surface area contributed by atoms with E-state index in [2.05, 4.69) is 5.32 Å². The Kier molecular flexibility index (Phi) is 5.07. The minimum absolute atomic E-state index is 0.0470. The molecule has 1 unspecified atom stereocenters. The molecular weight excluding hydrogens is 202 g/mol. The van der Waals surface area contributed by atoms with E-state index < -0.39 is 23.8 Å². The van der Waals surface area contributed by atoms with Gasteiger partial charge in [-0.05, 0) is 20.8 Å². The molecule has 0 bridgehead atoms. The van der Waals surface area contributed by atoms with E-state index >= 15 is 0 Å². The van der Waals surface area contributed by atoms with Gasteiger partial charge in [0, 0.05) is 13.0 Å². The molecule has 88 valence electrons. The summed E-state index contributed by atoms with van der Waals surface area (Å²) in [6, 6.07) is 0. The normalized spacial score (nSPS) is 13.1. The van der Waals surface area contributed by atoms with Crippen molar-refractivity contribution in [1.82, 2.24) is 5.32 Å². The summed E-state index contributed by atoms with van der Waals surface area (Å²) in [7, 11) is 0. The molecular formula is C9H17NO5. The van der Waals surface area contributed by atoms with Crippen LogP contribution in [0.2, 0.25) is 0 Å². The zero-order valence-corrected chi connectivity index (χ0v) is 9.11. The predicted octanol–water partition coefficient (Wildman–Crippen LogP) is 0.347. The van der Waals surface area contributed by atoms with E-state index in [9.17, 15) is 9.59 Å². The van der Waals surface area contributed by atoms with Crippen LogP contribution in [0.25, 0.3) is 0 Å². The highest BCUT2D eigenvalue weighted by Crippen LogP contribution is 2.06. The summed E-state index contributed by atoms with van der Waals surface area (Å²) in [4.78, 5) is 21.3. The summed E-state index contributed by atoms with van der Waals surface area (Å²) < 4.78 is 4.90. The van der Waals surface area contributed by atoms with Gasteiger partial charge < -0.3 is 20.3 Å². The fourth-order valence-corrected chi connectivity index (χ4v) is 0.749. The van der Waals surface area contributed by atoms with E-state index in [0.29, 0.717) is 0 Å². The van der Waals surface area contributed by atoms with Crippen molar-refractivity contribution in [3.63, 3.8) is 0 Å². The van der Waals surface area contributed by atoms with Crippen LogP contribution >= 0.6 is 0 Å². The second kappa shape index (κ2) is 5.55. The Hall–Kier alpha value is -1.30. The van der Waals surface area contributed by atoms with Crippen molar-refractivity contribution in [1.29, 1.82) is 0 Å². The van der Waals surface area contributed by atoms with Crippen molar-refractivity contribution in [2.24, 2.45) is 0 Å². The van der Waals surface area contributed by atoms with E-state index in [1.165, 1.54) is 0 Å². The van der Waals surface area contributed by atoms with Crippen LogP contribution in [0.4, 0.5) is 4.79 Å². The molecule has 3 N–H and O–H groups in total. The molecule has 0 aliphatic heterocycles. The number of aliphatic hydroxyl groups excluding tert-OH is 1. The lowest BCUT2D eigenvalue weighted by molar-refractivity contribution is -0.146. The minimum atomic E-state index is -1.46. The molecule has 6 nitrogen and oxygen atoms in total. The quantitative estimate of drug-likeness (QED) is 0.634. The van der Waals surface area contributed by atoms with Gasteiger partial charge in [-0.3, -0.25) is 0 Å².